The fourth-order valence-corrected chi connectivity index (χ4v) is 5.16. The molecule has 0 aromatic heterocycles. The Kier molecular flexibility index (Phi) is 5.43. The van der Waals surface area contributed by atoms with Gasteiger partial charge in [0, 0.05) is 12.1 Å². The Hall–Kier alpha value is -1.45. The van der Waals surface area contributed by atoms with E-state index in [4.69, 9.17) is 0 Å². The van der Waals surface area contributed by atoms with Gasteiger partial charge in [-0.25, -0.2) is 21.6 Å². The normalized spacial score (nSPS) is 20.8. The van der Waals surface area contributed by atoms with E-state index < -0.39 is 19.9 Å². The first-order valence-electron chi connectivity index (χ1n) is 7.26. The van der Waals surface area contributed by atoms with Gasteiger partial charge in [-0.05, 0) is 44.0 Å². The van der Waals surface area contributed by atoms with E-state index in [1.165, 1.54) is 25.2 Å². The van der Waals surface area contributed by atoms with Crippen molar-refractivity contribution in [3.63, 3.8) is 0 Å². The van der Waals surface area contributed by atoms with E-state index in [0.29, 0.717) is 18.5 Å². The minimum atomic E-state index is -3.58. The zero-order valence-corrected chi connectivity index (χ0v) is 14.4. The van der Waals surface area contributed by atoms with E-state index in [0.717, 1.165) is 0 Å². The van der Waals surface area contributed by atoms with Crippen molar-refractivity contribution in [2.24, 2.45) is 5.92 Å². The summed E-state index contributed by atoms with van der Waals surface area (Å²) in [6.45, 7) is 0. The number of hydrogen-bond acceptors (Lipinski definition) is 5. The van der Waals surface area contributed by atoms with Crippen LogP contribution in [0.3, 0.4) is 0 Å². The van der Waals surface area contributed by atoms with Crippen LogP contribution in [0.2, 0.25) is 0 Å². The molecule has 2 N–H and O–H groups in total. The molecule has 0 radical (unpaired) electrons. The Labute approximate surface area is 136 Å². The largest absolute Gasteiger partial charge is 0.326 e. The van der Waals surface area contributed by atoms with E-state index in [1.807, 2.05) is 0 Å². The molecule has 1 fully saturated rings. The topological polar surface area (TPSA) is 109 Å². The molecule has 1 heterocycles. The van der Waals surface area contributed by atoms with Crippen LogP contribution >= 0.6 is 0 Å². The van der Waals surface area contributed by atoms with Crippen LogP contribution in [0.15, 0.2) is 29.2 Å². The summed E-state index contributed by atoms with van der Waals surface area (Å²) in [5.41, 5.74) is 0.366. The number of rotatable bonds is 5. The van der Waals surface area contributed by atoms with Crippen LogP contribution in [0.25, 0.3) is 0 Å². The molecule has 128 valence electrons. The van der Waals surface area contributed by atoms with Gasteiger partial charge in [0.15, 0.2) is 9.84 Å². The molecule has 1 aliphatic heterocycles. The SMILES string of the molecule is CNS(=O)(=O)c1cccc(NC(=O)CC2CCCS(=O)(=O)C2)c1. The Morgan fingerprint density at radius 3 is 2.74 bits per heavy atom. The van der Waals surface area contributed by atoms with Crippen molar-refractivity contribution in [3.8, 4) is 0 Å². The molecule has 23 heavy (non-hydrogen) atoms. The highest BCUT2D eigenvalue weighted by Crippen LogP contribution is 2.22. The van der Waals surface area contributed by atoms with Gasteiger partial charge in [0.05, 0.1) is 16.4 Å². The standard InChI is InChI=1S/C14H20N2O5S2/c1-15-23(20,21)13-6-2-5-12(9-13)16-14(17)8-11-4-3-7-22(18,19)10-11/h2,5-6,9,11,15H,3-4,7-8,10H2,1H3,(H,16,17). The maximum Gasteiger partial charge on any atom is 0.240 e. The summed E-state index contributed by atoms with van der Waals surface area (Å²) < 4.78 is 48.8. The maximum atomic E-state index is 12.1. The van der Waals surface area contributed by atoms with E-state index in [-0.39, 0.29) is 34.6 Å². The zero-order valence-electron chi connectivity index (χ0n) is 12.8. The number of hydrogen-bond donors (Lipinski definition) is 2. The van der Waals surface area contributed by atoms with Gasteiger partial charge in [0.1, 0.15) is 0 Å². The van der Waals surface area contributed by atoms with Crippen molar-refractivity contribution in [2.75, 3.05) is 23.9 Å². The van der Waals surface area contributed by atoms with Crippen LogP contribution in [0.4, 0.5) is 5.69 Å². The summed E-state index contributed by atoms with van der Waals surface area (Å²) >= 11 is 0. The van der Waals surface area contributed by atoms with Crippen molar-refractivity contribution < 1.29 is 21.6 Å². The molecule has 1 amide bonds. The summed E-state index contributed by atoms with van der Waals surface area (Å²) in [6.07, 6.45) is 1.40. The predicted molar refractivity (Wildman–Crippen MR) is 87.3 cm³/mol. The lowest BCUT2D eigenvalue weighted by Crippen LogP contribution is -2.28. The van der Waals surface area contributed by atoms with E-state index in [1.54, 1.807) is 6.07 Å². The molecule has 0 saturated carbocycles. The van der Waals surface area contributed by atoms with Crippen molar-refractivity contribution in [3.05, 3.63) is 24.3 Å². The number of carbonyl (C=O) groups excluding carboxylic acids is 1. The molecule has 2 rings (SSSR count). The second-order valence-electron chi connectivity index (χ2n) is 5.61. The third kappa shape index (κ3) is 5.02. The Bertz CT molecular complexity index is 787. The Morgan fingerprint density at radius 1 is 1.35 bits per heavy atom. The Balaban J connectivity index is 2.02. The Morgan fingerprint density at radius 2 is 2.09 bits per heavy atom. The molecule has 1 aromatic carbocycles. The second-order valence-corrected chi connectivity index (χ2v) is 9.73. The molecular weight excluding hydrogens is 340 g/mol. The van der Waals surface area contributed by atoms with Gasteiger partial charge in [-0.2, -0.15) is 0 Å². The molecule has 1 aromatic rings. The van der Waals surface area contributed by atoms with Gasteiger partial charge in [-0.1, -0.05) is 6.07 Å². The second kappa shape index (κ2) is 6.98. The number of anilines is 1. The average molecular weight is 360 g/mol. The number of sulfonamides is 1. The fraction of sp³-hybridized carbons (Fsp3) is 0.500. The molecule has 0 bridgehead atoms. The van der Waals surface area contributed by atoms with Crippen molar-refractivity contribution in [2.45, 2.75) is 24.2 Å². The highest BCUT2D eigenvalue weighted by atomic mass is 32.2. The third-order valence-electron chi connectivity index (χ3n) is 3.73. The van der Waals surface area contributed by atoms with E-state index >= 15 is 0 Å². The molecule has 1 atom stereocenters. The molecule has 7 nitrogen and oxygen atoms in total. The molecule has 0 spiro atoms. The zero-order chi connectivity index (χ0) is 17.1. The van der Waals surface area contributed by atoms with Gasteiger partial charge in [0.2, 0.25) is 15.9 Å². The van der Waals surface area contributed by atoms with Gasteiger partial charge < -0.3 is 5.32 Å². The summed E-state index contributed by atoms with van der Waals surface area (Å²) in [4.78, 5) is 12.1. The monoisotopic (exact) mass is 360 g/mol. The minimum Gasteiger partial charge on any atom is -0.326 e. The predicted octanol–water partition coefficient (Wildman–Crippen LogP) is 0.748. The van der Waals surface area contributed by atoms with Gasteiger partial charge in [0.25, 0.3) is 0 Å². The van der Waals surface area contributed by atoms with Crippen molar-refractivity contribution in [1.82, 2.24) is 4.72 Å². The van der Waals surface area contributed by atoms with Gasteiger partial charge >= 0.3 is 0 Å². The number of sulfone groups is 1. The third-order valence-corrected chi connectivity index (χ3v) is 7.03. The number of carbonyl (C=O) groups is 1. The summed E-state index contributed by atoms with van der Waals surface area (Å²) in [5, 5.41) is 2.63. The smallest absolute Gasteiger partial charge is 0.240 e. The quantitative estimate of drug-likeness (QED) is 0.805. The summed E-state index contributed by atoms with van der Waals surface area (Å²) in [7, 11) is -5.32. The lowest BCUT2D eigenvalue weighted by atomic mass is 10.0. The molecule has 0 aliphatic carbocycles. The van der Waals surface area contributed by atoms with E-state index in [9.17, 15) is 21.6 Å². The molecule has 1 aliphatic rings. The molecule has 1 saturated heterocycles. The highest BCUT2D eigenvalue weighted by Gasteiger charge is 2.26. The van der Waals surface area contributed by atoms with Gasteiger partial charge in [-0.3, -0.25) is 4.79 Å². The summed E-state index contributed by atoms with van der Waals surface area (Å²) in [5.74, 6) is -0.270. The number of nitrogens with one attached hydrogen (secondary N) is 2. The van der Waals surface area contributed by atoms with Crippen LogP contribution in [0, 0.1) is 5.92 Å². The molecule has 1 unspecified atom stereocenters. The first-order valence-corrected chi connectivity index (χ1v) is 10.6. The molecular formula is C14H20N2O5S2. The van der Waals surface area contributed by atoms with Crippen LogP contribution in [-0.4, -0.2) is 41.3 Å². The maximum absolute atomic E-state index is 12.1. The van der Waals surface area contributed by atoms with Crippen molar-refractivity contribution in [1.29, 1.82) is 0 Å². The van der Waals surface area contributed by atoms with Gasteiger partial charge in [-0.15, -0.1) is 0 Å². The molecule has 9 heteroatoms. The number of benzene rings is 1. The van der Waals surface area contributed by atoms with E-state index in [2.05, 4.69) is 10.0 Å². The summed E-state index contributed by atoms with van der Waals surface area (Å²) in [6, 6.07) is 5.91. The van der Waals surface area contributed by atoms with Crippen LogP contribution < -0.4 is 10.0 Å². The van der Waals surface area contributed by atoms with Crippen LogP contribution in [0.1, 0.15) is 19.3 Å². The first-order chi connectivity index (χ1) is 10.7. The minimum absolute atomic E-state index is 0.0363. The van der Waals surface area contributed by atoms with Crippen molar-refractivity contribution >= 4 is 31.5 Å². The average Bonchev–Trinajstić information content (AvgIpc) is 2.46. The van der Waals surface area contributed by atoms with Crippen LogP contribution in [0.5, 0.6) is 0 Å². The fourth-order valence-electron chi connectivity index (χ4n) is 2.61. The number of amides is 1. The first kappa shape index (κ1) is 17.9. The van der Waals surface area contributed by atoms with Crippen LogP contribution in [-0.2, 0) is 24.7 Å². The highest BCUT2D eigenvalue weighted by molar-refractivity contribution is 7.91. The lowest BCUT2D eigenvalue weighted by molar-refractivity contribution is -0.117. The lowest BCUT2D eigenvalue weighted by Gasteiger charge is -2.21.